The Morgan fingerprint density at radius 3 is 2.64 bits per heavy atom. The number of nitrogens with two attached hydrogens (primary N) is 1. The SMILES string of the molecule is COc1ccc(C(=O)C(C)N)c(O)c1. The molecule has 0 radical (unpaired) electrons. The van der Waals surface area contributed by atoms with Crippen molar-refractivity contribution in [2.45, 2.75) is 13.0 Å². The Hall–Kier alpha value is -1.55. The van der Waals surface area contributed by atoms with Crippen LogP contribution in [0.4, 0.5) is 0 Å². The molecule has 4 nitrogen and oxygen atoms in total. The summed E-state index contributed by atoms with van der Waals surface area (Å²) in [6.45, 7) is 1.58. The molecule has 14 heavy (non-hydrogen) atoms. The predicted molar refractivity (Wildman–Crippen MR) is 52.6 cm³/mol. The fourth-order valence-electron chi connectivity index (χ4n) is 1.09. The summed E-state index contributed by atoms with van der Waals surface area (Å²) < 4.78 is 4.89. The first kappa shape index (κ1) is 10.5. The molecule has 1 aromatic rings. The van der Waals surface area contributed by atoms with E-state index in [1.54, 1.807) is 13.0 Å². The highest BCUT2D eigenvalue weighted by Gasteiger charge is 2.15. The number of aromatic hydroxyl groups is 1. The first-order valence-corrected chi connectivity index (χ1v) is 4.23. The minimum Gasteiger partial charge on any atom is -0.507 e. The van der Waals surface area contributed by atoms with Crippen LogP contribution in [0.1, 0.15) is 17.3 Å². The second kappa shape index (κ2) is 4.11. The lowest BCUT2D eigenvalue weighted by Crippen LogP contribution is -2.26. The molecule has 0 bridgehead atoms. The van der Waals surface area contributed by atoms with E-state index in [9.17, 15) is 9.90 Å². The lowest BCUT2D eigenvalue weighted by atomic mass is 10.0. The molecule has 1 rings (SSSR count). The van der Waals surface area contributed by atoms with Crippen molar-refractivity contribution in [3.63, 3.8) is 0 Å². The van der Waals surface area contributed by atoms with Crippen molar-refractivity contribution in [1.29, 1.82) is 0 Å². The Labute approximate surface area is 82.3 Å². The van der Waals surface area contributed by atoms with Crippen LogP contribution >= 0.6 is 0 Å². The summed E-state index contributed by atoms with van der Waals surface area (Å²) >= 11 is 0. The van der Waals surface area contributed by atoms with Gasteiger partial charge >= 0.3 is 0 Å². The Morgan fingerprint density at radius 2 is 2.21 bits per heavy atom. The van der Waals surface area contributed by atoms with Crippen molar-refractivity contribution in [1.82, 2.24) is 0 Å². The number of phenols is 1. The highest BCUT2D eigenvalue weighted by molar-refractivity contribution is 6.02. The second-order valence-corrected chi connectivity index (χ2v) is 3.04. The lowest BCUT2D eigenvalue weighted by Gasteiger charge is -2.07. The molecule has 0 spiro atoms. The molecular formula is C10H13NO3. The molecule has 0 saturated carbocycles. The number of ketones is 1. The Kier molecular flexibility index (Phi) is 3.09. The van der Waals surface area contributed by atoms with Crippen molar-refractivity contribution in [2.24, 2.45) is 5.73 Å². The van der Waals surface area contributed by atoms with Gasteiger partial charge in [-0.3, -0.25) is 4.79 Å². The number of methoxy groups -OCH3 is 1. The number of carbonyl (C=O) groups is 1. The highest BCUT2D eigenvalue weighted by Crippen LogP contribution is 2.24. The van der Waals surface area contributed by atoms with Crippen molar-refractivity contribution in [3.05, 3.63) is 23.8 Å². The van der Waals surface area contributed by atoms with Gasteiger partial charge in [0.1, 0.15) is 11.5 Å². The van der Waals surface area contributed by atoms with E-state index in [-0.39, 0.29) is 17.1 Å². The van der Waals surface area contributed by atoms with Gasteiger partial charge in [-0.1, -0.05) is 0 Å². The summed E-state index contributed by atoms with van der Waals surface area (Å²) in [5, 5.41) is 9.49. The van der Waals surface area contributed by atoms with Crippen LogP contribution in [0.25, 0.3) is 0 Å². The summed E-state index contributed by atoms with van der Waals surface area (Å²) in [5.41, 5.74) is 5.64. The largest absolute Gasteiger partial charge is 0.507 e. The third-order valence-electron chi connectivity index (χ3n) is 1.88. The Balaban J connectivity index is 3.06. The zero-order valence-corrected chi connectivity index (χ0v) is 8.15. The summed E-state index contributed by atoms with van der Waals surface area (Å²) in [6.07, 6.45) is 0. The predicted octanol–water partition coefficient (Wildman–Crippen LogP) is 0.931. The Morgan fingerprint density at radius 1 is 1.57 bits per heavy atom. The number of ether oxygens (including phenoxy) is 1. The normalized spacial score (nSPS) is 12.2. The van der Waals surface area contributed by atoms with Gasteiger partial charge in [-0.15, -0.1) is 0 Å². The van der Waals surface area contributed by atoms with E-state index in [0.29, 0.717) is 5.75 Å². The van der Waals surface area contributed by atoms with Crippen LogP contribution in [0.15, 0.2) is 18.2 Å². The quantitative estimate of drug-likeness (QED) is 0.704. The van der Waals surface area contributed by atoms with E-state index < -0.39 is 6.04 Å². The van der Waals surface area contributed by atoms with E-state index in [2.05, 4.69) is 0 Å². The monoisotopic (exact) mass is 195 g/mol. The summed E-state index contributed by atoms with van der Waals surface area (Å²) in [6, 6.07) is 3.87. The topological polar surface area (TPSA) is 72.5 Å². The molecule has 0 amide bonds. The first-order valence-electron chi connectivity index (χ1n) is 4.23. The number of rotatable bonds is 3. The van der Waals surface area contributed by atoms with E-state index in [4.69, 9.17) is 10.5 Å². The molecule has 0 aromatic heterocycles. The van der Waals surface area contributed by atoms with Gasteiger partial charge in [0, 0.05) is 6.07 Å². The van der Waals surface area contributed by atoms with Gasteiger partial charge in [0.25, 0.3) is 0 Å². The second-order valence-electron chi connectivity index (χ2n) is 3.04. The van der Waals surface area contributed by atoms with Gasteiger partial charge in [-0.2, -0.15) is 0 Å². The number of Topliss-reactive ketones (excluding diaryl/α,β-unsaturated/α-hetero) is 1. The minimum absolute atomic E-state index is 0.105. The maximum atomic E-state index is 11.4. The van der Waals surface area contributed by atoms with E-state index in [0.717, 1.165) is 0 Å². The molecular weight excluding hydrogens is 182 g/mol. The number of hydrogen-bond acceptors (Lipinski definition) is 4. The molecule has 0 aliphatic heterocycles. The molecule has 0 aliphatic carbocycles. The fraction of sp³-hybridized carbons (Fsp3) is 0.300. The molecule has 0 fully saturated rings. The molecule has 3 N–H and O–H groups in total. The maximum absolute atomic E-state index is 11.4. The molecule has 76 valence electrons. The third kappa shape index (κ3) is 2.03. The van der Waals surface area contributed by atoms with Crippen LogP contribution in [0.3, 0.4) is 0 Å². The zero-order chi connectivity index (χ0) is 10.7. The van der Waals surface area contributed by atoms with Crippen LogP contribution in [0.5, 0.6) is 11.5 Å². The van der Waals surface area contributed by atoms with Crippen LogP contribution in [-0.2, 0) is 0 Å². The highest BCUT2D eigenvalue weighted by atomic mass is 16.5. The molecule has 4 heteroatoms. The third-order valence-corrected chi connectivity index (χ3v) is 1.88. The van der Waals surface area contributed by atoms with Gasteiger partial charge in [0.15, 0.2) is 5.78 Å². The summed E-state index contributed by atoms with van der Waals surface area (Å²) in [7, 11) is 1.49. The van der Waals surface area contributed by atoms with E-state index >= 15 is 0 Å². The smallest absolute Gasteiger partial charge is 0.182 e. The van der Waals surface area contributed by atoms with Gasteiger partial charge < -0.3 is 15.6 Å². The average molecular weight is 195 g/mol. The van der Waals surface area contributed by atoms with Crippen molar-refractivity contribution < 1.29 is 14.6 Å². The van der Waals surface area contributed by atoms with Gasteiger partial charge in [0.2, 0.25) is 0 Å². The van der Waals surface area contributed by atoms with Crippen LogP contribution in [-0.4, -0.2) is 24.0 Å². The van der Waals surface area contributed by atoms with Crippen LogP contribution in [0.2, 0.25) is 0 Å². The standard InChI is InChI=1S/C10H13NO3/c1-6(11)10(13)8-4-3-7(14-2)5-9(8)12/h3-6,12H,11H2,1-2H3. The molecule has 1 atom stereocenters. The zero-order valence-electron chi connectivity index (χ0n) is 8.15. The fourth-order valence-corrected chi connectivity index (χ4v) is 1.09. The number of hydrogen-bond donors (Lipinski definition) is 2. The molecule has 1 aromatic carbocycles. The van der Waals surface area contributed by atoms with Crippen LogP contribution in [0, 0.1) is 0 Å². The molecule has 1 unspecified atom stereocenters. The number of carbonyl (C=O) groups excluding carboxylic acids is 1. The average Bonchev–Trinajstić information content (AvgIpc) is 2.16. The van der Waals surface area contributed by atoms with Gasteiger partial charge in [-0.05, 0) is 19.1 Å². The van der Waals surface area contributed by atoms with E-state index in [1.807, 2.05) is 0 Å². The van der Waals surface area contributed by atoms with Crippen molar-refractivity contribution in [2.75, 3.05) is 7.11 Å². The molecule has 0 saturated heterocycles. The van der Waals surface area contributed by atoms with Gasteiger partial charge in [-0.25, -0.2) is 0 Å². The van der Waals surface area contributed by atoms with Crippen molar-refractivity contribution in [3.8, 4) is 11.5 Å². The summed E-state index contributed by atoms with van der Waals surface area (Å²) in [5.74, 6) is 0.112. The Bertz CT molecular complexity index is 347. The van der Waals surface area contributed by atoms with Crippen LogP contribution < -0.4 is 10.5 Å². The summed E-state index contributed by atoms with van der Waals surface area (Å²) in [4.78, 5) is 11.4. The van der Waals surface area contributed by atoms with E-state index in [1.165, 1.54) is 19.2 Å². The van der Waals surface area contributed by atoms with Crippen molar-refractivity contribution >= 4 is 5.78 Å². The maximum Gasteiger partial charge on any atom is 0.182 e. The molecule has 0 heterocycles. The number of phenolic OH excluding ortho intramolecular Hbond substituents is 1. The number of benzene rings is 1. The minimum atomic E-state index is -0.616. The molecule has 0 aliphatic rings. The lowest BCUT2D eigenvalue weighted by molar-refractivity contribution is 0.0965. The first-order chi connectivity index (χ1) is 6.56. The van der Waals surface area contributed by atoms with Gasteiger partial charge in [0.05, 0.1) is 18.7 Å².